The molecule has 0 amide bonds. The minimum Gasteiger partial charge on any atom is -0.311 e. The molecule has 0 radical (unpaired) electrons. The van der Waals surface area contributed by atoms with Crippen molar-refractivity contribution < 1.29 is 9.63 Å². The van der Waals surface area contributed by atoms with Crippen LogP contribution in [0.3, 0.4) is 0 Å². The number of thiophene rings is 1. The van der Waals surface area contributed by atoms with Gasteiger partial charge in [-0.05, 0) is 23.1 Å². The number of thioether (sulfide) groups is 1. The summed E-state index contributed by atoms with van der Waals surface area (Å²) in [5.41, 5.74) is 3.89. The molecular weight excluding hydrogens is 338 g/mol. The van der Waals surface area contributed by atoms with Gasteiger partial charge in [-0.25, -0.2) is 4.79 Å². The van der Waals surface area contributed by atoms with E-state index in [0.29, 0.717) is 10.6 Å². The topological polar surface area (TPSA) is 38.7 Å². The van der Waals surface area contributed by atoms with Crippen molar-refractivity contribution >= 4 is 34.8 Å². The highest BCUT2D eigenvalue weighted by molar-refractivity contribution is 7.98. The summed E-state index contributed by atoms with van der Waals surface area (Å²) in [5, 5.41) is 6.09. The molecule has 24 heavy (non-hydrogen) atoms. The number of nitrogens with zero attached hydrogens (tertiary/aromatic N) is 1. The van der Waals surface area contributed by atoms with Crippen molar-refractivity contribution in [3.8, 4) is 0 Å². The van der Waals surface area contributed by atoms with Crippen molar-refractivity contribution in [2.45, 2.75) is 10.6 Å². The van der Waals surface area contributed by atoms with Crippen LogP contribution in [0, 0.1) is 0 Å². The fourth-order valence-electron chi connectivity index (χ4n) is 2.59. The molecule has 3 nitrogen and oxygen atoms in total. The van der Waals surface area contributed by atoms with Crippen LogP contribution in [0.2, 0.25) is 0 Å². The average Bonchev–Trinajstić information content (AvgIpc) is 3.11. The van der Waals surface area contributed by atoms with Gasteiger partial charge in [0, 0.05) is 21.8 Å². The third-order valence-electron chi connectivity index (χ3n) is 3.74. The van der Waals surface area contributed by atoms with E-state index in [4.69, 9.17) is 4.84 Å². The fraction of sp³-hybridized carbons (Fsp3) is 0.0526. The molecule has 118 valence electrons. The highest BCUT2D eigenvalue weighted by Gasteiger charge is 2.20. The lowest BCUT2D eigenvalue weighted by Gasteiger charge is -2.08. The zero-order chi connectivity index (χ0) is 16.4. The third-order valence-corrected chi connectivity index (χ3v) is 5.71. The van der Waals surface area contributed by atoms with Gasteiger partial charge in [0.05, 0.1) is 0 Å². The summed E-state index contributed by atoms with van der Waals surface area (Å²) in [7, 11) is 0. The second-order valence-corrected chi connectivity index (χ2v) is 7.20. The Balaban J connectivity index is 1.78. The van der Waals surface area contributed by atoms with E-state index in [2.05, 4.69) is 17.3 Å². The molecule has 1 aromatic heterocycles. The maximum atomic E-state index is 12.1. The van der Waals surface area contributed by atoms with E-state index < -0.39 is 5.97 Å². The molecule has 1 aliphatic rings. The molecule has 0 saturated carbocycles. The molecule has 0 fully saturated rings. The standard InChI is InChI=1S/C19H13NO2S2/c21-19(17-10-5-11-23-17)22-20-18-14-7-2-1-6-13(14)12-24-16-9-4-3-8-15(16)18/h1-11H,12H2/b20-18-. The molecule has 0 bridgehead atoms. The molecule has 0 saturated heterocycles. The van der Waals surface area contributed by atoms with Gasteiger partial charge in [0.2, 0.25) is 0 Å². The first-order valence-corrected chi connectivity index (χ1v) is 9.33. The Labute approximate surface area is 148 Å². The maximum Gasteiger partial charge on any atom is 0.375 e. The summed E-state index contributed by atoms with van der Waals surface area (Å²) in [6.45, 7) is 0. The van der Waals surface area contributed by atoms with Crippen LogP contribution in [0.5, 0.6) is 0 Å². The van der Waals surface area contributed by atoms with Gasteiger partial charge >= 0.3 is 5.97 Å². The van der Waals surface area contributed by atoms with Gasteiger partial charge in [0.1, 0.15) is 10.6 Å². The number of oxime groups is 1. The Morgan fingerprint density at radius 1 is 0.958 bits per heavy atom. The van der Waals surface area contributed by atoms with Crippen LogP contribution in [0.4, 0.5) is 0 Å². The number of carbonyl (C=O) groups is 1. The van der Waals surface area contributed by atoms with Crippen LogP contribution < -0.4 is 0 Å². The minimum atomic E-state index is -0.427. The summed E-state index contributed by atoms with van der Waals surface area (Å²) in [5.74, 6) is 0.440. The van der Waals surface area contributed by atoms with Crippen molar-refractivity contribution in [1.29, 1.82) is 0 Å². The van der Waals surface area contributed by atoms with Crippen molar-refractivity contribution in [3.63, 3.8) is 0 Å². The highest BCUT2D eigenvalue weighted by Crippen LogP contribution is 2.34. The van der Waals surface area contributed by atoms with Gasteiger partial charge in [0.15, 0.2) is 0 Å². The van der Waals surface area contributed by atoms with Gasteiger partial charge in [-0.3, -0.25) is 0 Å². The van der Waals surface area contributed by atoms with E-state index in [1.807, 2.05) is 47.8 Å². The van der Waals surface area contributed by atoms with Gasteiger partial charge in [-0.15, -0.1) is 23.1 Å². The third kappa shape index (κ3) is 2.88. The number of fused-ring (bicyclic) bond motifs is 2. The fourth-order valence-corrected chi connectivity index (χ4v) is 4.24. The van der Waals surface area contributed by atoms with Crippen molar-refractivity contribution in [2.24, 2.45) is 5.16 Å². The molecule has 3 aromatic rings. The molecule has 0 unspecified atom stereocenters. The quantitative estimate of drug-likeness (QED) is 0.484. The predicted molar refractivity (Wildman–Crippen MR) is 97.8 cm³/mol. The van der Waals surface area contributed by atoms with Crippen molar-refractivity contribution in [2.75, 3.05) is 0 Å². The van der Waals surface area contributed by atoms with Gasteiger partial charge < -0.3 is 4.84 Å². The summed E-state index contributed by atoms with van der Waals surface area (Å²) in [4.78, 5) is 19.1. The molecule has 0 spiro atoms. The first-order valence-electron chi connectivity index (χ1n) is 7.46. The zero-order valence-electron chi connectivity index (χ0n) is 12.6. The average molecular weight is 351 g/mol. The summed E-state index contributed by atoms with van der Waals surface area (Å²) in [6.07, 6.45) is 0. The SMILES string of the molecule is O=C(O/N=C1/c2ccccc2CSc2ccccc21)c1cccs1. The number of carbonyl (C=O) groups excluding carboxylic acids is 1. The molecule has 0 aliphatic carbocycles. The number of benzene rings is 2. The Bertz CT molecular complexity index is 867. The largest absolute Gasteiger partial charge is 0.375 e. The molecule has 4 rings (SSSR count). The Kier molecular flexibility index (Phi) is 4.19. The van der Waals surface area contributed by atoms with Gasteiger partial charge in [0.25, 0.3) is 0 Å². The normalized spacial score (nSPS) is 14.6. The van der Waals surface area contributed by atoms with Gasteiger partial charge in [-0.2, -0.15) is 0 Å². The summed E-state index contributed by atoms with van der Waals surface area (Å²) in [6, 6.07) is 19.7. The van der Waals surface area contributed by atoms with Gasteiger partial charge in [-0.1, -0.05) is 53.7 Å². The summed E-state index contributed by atoms with van der Waals surface area (Å²) < 4.78 is 0. The first-order chi connectivity index (χ1) is 11.8. The van der Waals surface area contributed by atoms with E-state index >= 15 is 0 Å². The monoisotopic (exact) mass is 351 g/mol. The van der Waals surface area contributed by atoms with Crippen LogP contribution >= 0.6 is 23.1 Å². The molecule has 2 aromatic carbocycles. The number of rotatable bonds is 2. The Morgan fingerprint density at radius 3 is 2.58 bits per heavy atom. The molecule has 0 N–H and O–H groups in total. The van der Waals surface area contributed by atoms with E-state index in [1.165, 1.54) is 16.9 Å². The lowest BCUT2D eigenvalue weighted by atomic mass is 9.98. The van der Waals surface area contributed by atoms with E-state index in [0.717, 1.165) is 21.8 Å². The van der Waals surface area contributed by atoms with Crippen LogP contribution in [-0.4, -0.2) is 11.7 Å². The molecule has 2 heterocycles. The number of hydrogen-bond donors (Lipinski definition) is 0. The van der Waals surface area contributed by atoms with E-state index in [9.17, 15) is 4.79 Å². The van der Waals surface area contributed by atoms with Crippen LogP contribution in [0.15, 0.2) is 76.1 Å². The second kappa shape index (κ2) is 6.63. The minimum absolute atomic E-state index is 0.427. The molecule has 0 atom stereocenters. The molecule has 5 heteroatoms. The maximum absolute atomic E-state index is 12.1. The van der Waals surface area contributed by atoms with Crippen LogP contribution in [0.1, 0.15) is 26.4 Å². The van der Waals surface area contributed by atoms with Crippen LogP contribution in [-0.2, 0) is 10.6 Å². The Morgan fingerprint density at radius 2 is 1.75 bits per heavy atom. The van der Waals surface area contributed by atoms with Crippen molar-refractivity contribution in [3.05, 3.63) is 87.6 Å². The predicted octanol–water partition coefficient (Wildman–Crippen LogP) is 4.96. The number of hydrogen-bond acceptors (Lipinski definition) is 5. The van der Waals surface area contributed by atoms with Crippen molar-refractivity contribution in [1.82, 2.24) is 0 Å². The summed E-state index contributed by atoms with van der Waals surface area (Å²) >= 11 is 3.11. The first kappa shape index (κ1) is 15.2. The highest BCUT2D eigenvalue weighted by atomic mass is 32.2. The Hall–Kier alpha value is -2.37. The molecule has 1 aliphatic heterocycles. The van der Waals surface area contributed by atoms with E-state index in [-0.39, 0.29) is 0 Å². The smallest absolute Gasteiger partial charge is 0.311 e. The van der Waals surface area contributed by atoms with E-state index in [1.54, 1.807) is 17.8 Å². The lowest BCUT2D eigenvalue weighted by Crippen LogP contribution is -2.08. The molecular formula is C19H13NO2S2. The van der Waals surface area contributed by atoms with Crippen LogP contribution in [0.25, 0.3) is 0 Å². The zero-order valence-corrected chi connectivity index (χ0v) is 14.3. The lowest BCUT2D eigenvalue weighted by molar-refractivity contribution is 0.0522. The second-order valence-electron chi connectivity index (χ2n) is 5.24.